The van der Waals surface area contributed by atoms with Gasteiger partial charge in [-0.1, -0.05) is 0 Å². The fourth-order valence-electron chi connectivity index (χ4n) is 1.19. The summed E-state index contributed by atoms with van der Waals surface area (Å²) >= 11 is -2.29. The van der Waals surface area contributed by atoms with Gasteiger partial charge in [0.1, 0.15) is 0 Å². The Morgan fingerprint density at radius 3 is 1.00 bits per heavy atom. The first-order valence-corrected chi connectivity index (χ1v) is 19.3. The monoisotopic (exact) mass is 553 g/mol. The molecule has 0 aliphatic heterocycles. The molecule has 0 aromatic carbocycles. The maximum Gasteiger partial charge on any atom is 0.668 e. The van der Waals surface area contributed by atoms with Crippen molar-refractivity contribution in [2.24, 2.45) is 0 Å². The lowest BCUT2D eigenvalue weighted by Gasteiger charge is -2.32. The van der Waals surface area contributed by atoms with Crippen LogP contribution in [-0.2, 0) is 32.3 Å². The molecule has 2 atom stereocenters. The van der Waals surface area contributed by atoms with Crippen LogP contribution in [0, 0.1) is 0 Å². The molecular formula is C4H22AlO18Si6. The van der Waals surface area contributed by atoms with Crippen LogP contribution < -0.4 is 0 Å². The molecule has 0 spiro atoms. The Balaban J connectivity index is 5.41. The summed E-state index contributed by atoms with van der Waals surface area (Å²) in [5, 5.41) is 0. The second-order valence-corrected chi connectivity index (χ2v) is 19.3. The van der Waals surface area contributed by atoms with Crippen LogP contribution in [0.4, 0.5) is 0 Å². The third kappa shape index (κ3) is 14.0. The first-order valence-electron chi connectivity index (χ1n) is 6.97. The zero-order valence-corrected chi connectivity index (χ0v) is 22.5. The molecular weight excluding hydrogens is 532 g/mol. The van der Waals surface area contributed by atoms with Crippen molar-refractivity contribution in [2.45, 2.75) is 13.1 Å². The summed E-state index contributed by atoms with van der Waals surface area (Å²) in [7, 11) is -28.4. The zero-order chi connectivity index (χ0) is 23.4. The highest BCUT2D eigenvalue weighted by atomic mass is 28.5. The van der Waals surface area contributed by atoms with Gasteiger partial charge in [-0.3, -0.25) is 0 Å². The van der Waals surface area contributed by atoms with E-state index in [2.05, 4.69) is 32.3 Å². The Bertz CT molecular complexity index is 466. The average Bonchev–Trinajstić information content (AvgIpc) is 2.41. The molecule has 0 aliphatic rings. The maximum atomic E-state index is 10.1. The van der Waals surface area contributed by atoms with E-state index < -0.39 is 69.7 Å². The average molecular weight is 554 g/mol. The minimum absolute atomic E-state index is 0.723. The predicted octanol–water partition coefficient (Wildman–Crippen LogP) is -7.28. The molecule has 0 bridgehead atoms. The summed E-state index contributed by atoms with van der Waals surface area (Å²) < 4.78 is 35.2. The second kappa shape index (κ2) is 10.8. The van der Waals surface area contributed by atoms with Crippen LogP contribution >= 0.6 is 0 Å². The van der Waals surface area contributed by atoms with E-state index in [1.54, 1.807) is 0 Å². The molecule has 0 saturated heterocycles. The van der Waals surface area contributed by atoms with Crippen molar-refractivity contribution in [3.63, 3.8) is 0 Å². The van der Waals surface area contributed by atoms with Crippen LogP contribution in [0.3, 0.4) is 0 Å². The molecule has 18 nitrogen and oxygen atoms in total. The van der Waals surface area contributed by atoms with E-state index in [0.29, 0.717) is 0 Å². The molecule has 0 amide bonds. The van der Waals surface area contributed by atoms with Gasteiger partial charge in [0.2, 0.25) is 0 Å². The fraction of sp³-hybridized carbons (Fsp3) is 1.00. The zero-order valence-electron chi connectivity index (χ0n) is 15.3. The van der Waals surface area contributed by atoms with Crippen LogP contribution in [0.1, 0.15) is 0 Å². The van der Waals surface area contributed by atoms with Gasteiger partial charge < -0.3 is 80.2 Å². The smallest absolute Gasteiger partial charge is 0.465 e. The molecule has 0 aromatic rings. The van der Waals surface area contributed by atoms with E-state index >= 15 is 0 Å². The van der Waals surface area contributed by atoms with E-state index in [-0.39, 0.29) is 0 Å². The van der Waals surface area contributed by atoms with E-state index in [9.17, 15) is 48.0 Å². The minimum atomic E-state index is -5.31. The molecule has 25 heteroatoms. The Morgan fingerprint density at radius 2 is 0.793 bits per heavy atom. The van der Waals surface area contributed by atoms with Crippen LogP contribution in [0.15, 0.2) is 0 Å². The summed E-state index contributed by atoms with van der Waals surface area (Å²) in [4.78, 5) is 95.3. The van der Waals surface area contributed by atoms with Gasteiger partial charge in [0.05, 0.1) is 0 Å². The second-order valence-electron chi connectivity index (χ2n) is 5.16. The van der Waals surface area contributed by atoms with Crippen molar-refractivity contribution in [3.05, 3.63) is 0 Å². The van der Waals surface area contributed by atoms with Crippen molar-refractivity contribution >= 4 is 69.7 Å². The van der Waals surface area contributed by atoms with Crippen LogP contribution in [0.2, 0.25) is 13.1 Å². The number of rotatable bonds is 14. The Morgan fingerprint density at radius 1 is 0.517 bits per heavy atom. The largest absolute Gasteiger partial charge is 0.668 e. The highest BCUT2D eigenvalue weighted by Crippen LogP contribution is 2.18. The molecule has 0 heterocycles. The van der Waals surface area contributed by atoms with Gasteiger partial charge in [-0.15, -0.1) is 0 Å². The van der Waals surface area contributed by atoms with E-state index in [1.165, 1.54) is 0 Å². The molecule has 0 aromatic heterocycles. The first-order chi connectivity index (χ1) is 12.7. The third-order valence-electron chi connectivity index (χ3n) is 2.09. The Hall–Kier alpha value is 1.11. The SMILES string of the molecule is CO[Si](O)(O)O[Si](O)([O][Al][O][Si](O)(O[Si](C)(O)O)O[Si](O)(O)OC)O[Si](C)(O)O. The van der Waals surface area contributed by atoms with Crippen molar-refractivity contribution in [3.8, 4) is 0 Å². The summed E-state index contributed by atoms with van der Waals surface area (Å²) in [6, 6.07) is 0. The van der Waals surface area contributed by atoms with E-state index in [1.807, 2.05) is 0 Å². The molecule has 0 rings (SSSR count). The van der Waals surface area contributed by atoms with Crippen molar-refractivity contribution in [2.75, 3.05) is 14.2 Å². The van der Waals surface area contributed by atoms with Crippen molar-refractivity contribution in [1.29, 1.82) is 0 Å². The fourth-order valence-corrected chi connectivity index (χ4v) is 13.6. The van der Waals surface area contributed by atoms with Crippen LogP contribution in [-0.4, -0.2) is 132 Å². The number of hydrogen-bond donors (Lipinski definition) is 10. The predicted molar refractivity (Wildman–Crippen MR) is 94.7 cm³/mol. The lowest BCUT2D eigenvalue weighted by atomic mass is 11.8. The molecule has 2 unspecified atom stereocenters. The molecule has 173 valence electrons. The summed E-state index contributed by atoms with van der Waals surface area (Å²) in [5.41, 5.74) is 0. The number of hydrogen-bond acceptors (Lipinski definition) is 18. The van der Waals surface area contributed by atoms with Crippen molar-refractivity contribution < 1.29 is 80.2 Å². The van der Waals surface area contributed by atoms with Gasteiger partial charge in [-0.05, 0) is 0 Å². The molecule has 10 N–H and O–H groups in total. The molecule has 0 saturated carbocycles. The van der Waals surface area contributed by atoms with E-state index in [0.717, 1.165) is 27.3 Å². The van der Waals surface area contributed by atoms with Gasteiger partial charge in [-0.25, -0.2) is 0 Å². The van der Waals surface area contributed by atoms with Crippen molar-refractivity contribution in [1.82, 2.24) is 0 Å². The van der Waals surface area contributed by atoms with Gasteiger partial charge in [0, 0.05) is 27.3 Å². The lowest BCUT2D eigenvalue weighted by Crippen LogP contribution is -2.65. The highest BCUT2D eigenvalue weighted by molar-refractivity contribution is 6.78. The molecule has 1 radical (unpaired) electrons. The molecule has 0 aliphatic carbocycles. The summed E-state index contributed by atoms with van der Waals surface area (Å²) in [5.74, 6) is 0. The van der Waals surface area contributed by atoms with Gasteiger partial charge in [0.25, 0.3) is 0 Å². The lowest BCUT2D eigenvalue weighted by molar-refractivity contribution is 0.0135. The summed E-state index contributed by atoms with van der Waals surface area (Å²) in [6.07, 6.45) is 0. The van der Waals surface area contributed by atoms with Gasteiger partial charge in [-0.2, -0.15) is 0 Å². The maximum absolute atomic E-state index is 10.1. The van der Waals surface area contributed by atoms with Crippen LogP contribution in [0.25, 0.3) is 0 Å². The summed E-state index contributed by atoms with van der Waals surface area (Å²) in [6.45, 7) is 1.45. The minimum Gasteiger partial charge on any atom is -0.465 e. The van der Waals surface area contributed by atoms with E-state index in [4.69, 9.17) is 0 Å². The highest BCUT2D eigenvalue weighted by Gasteiger charge is 2.59. The van der Waals surface area contributed by atoms with Gasteiger partial charge in [0.15, 0.2) is 0 Å². The molecule has 0 fully saturated rings. The quantitative estimate of drug-likeness (QED) is 0.0894. The third-order valence-corrected chi connectivity index (χ3v) is 15.7. The topological polar surface area (TPSA) is 276 Å². The van der Waals surface area contributed by atoms with Crippen LogP contribution in [0.5, 0.6) is 0 Å². The van der Waals surface area contributed by atoms with Gasteiger partial charge >= 0.3 is 69.7 Å². The standard InChI is InChI=1S/2C2H11O9Si3.Al/c2*1-9-13(5,6)11-14(7,8)10-12(2,3)4;/h2*3-7H,1-2H3;/q2*-1;+2. The Kier molecular flexibility index (Phi) is 11.2. The normalized spacial score (nSPS) is 18.3. The Labute approximate surface area is 177 Å². The molecule has 29 heavy (non-hydrogen) atoms. The first kappa shape index (κ1) is 30.1.